The zero-order valence-corrected chi connectivity index (χ0v) is 11.0. The number of nitrogens with one attached hydrogen (secondary N) is 1. The standard InChI is InChI=1S/C11H19N3OS/c1-7(2)11(3,4)6-13-9(15)8-5-16-10(12)14-8/h5,7H,6H2,1-4H3,(H2,12,14)(H,13,15). The average Bonchev–Trinajstić information content (AvgIpc) is 2.61. The maximum absolute atomic E-state index is 11.7. The van der Waals surface area contributed by atoms with Gasteiger partial charge in [0.2, 0.25) is 0 Å². The van der Waals surface area contributed by atoms with Crippen LogP contribution < -0.4 is 11.1 Å². The number of aromatic nitrogens is 1. The van der Waals surface area contributed by atoms with Crippen LogP contribution in [0, 0.1) is 11.3 Å². The highest BCUT2D eigenvalue weighted by atomic mass is 32.1. The average molecular weight is 241 g/mol. The summed E-state index contributed by atoms with van der Waals surface area (Å²) in [5.41, 5.74) is 5.96. The molecule has 90 valence electrons. The first-order valence-electron chi connectivity index (χ1n) is 5.32. The molecule has 0 atom stereocenters. The van der Waals surface area contributed by atoms with Crippen molar-refractivity contribution in [3.05, 3.63) is 11.1 Å². The van der Waals surface area contributed by atoms with E-state index in [1.807, 2.05) is 0 Å². The highest BCUT2D eigenvalue weighted by Crippen LogP contribution is 2.24. The number of hydrogen-bond donors (Lipinski definition) is 2. The minimum absolute atomic E-state index is 0.0806. The number of amides is 1. The van der Waals surface area contributed by atoms with E-state index in [-0.39, 0.29) is 11.3 Å². The van der Waals surface area contributed by atoms with Gasteiger partial charge in [0.1, 0.15) is 5.69 Å². The van der Waals surface area contributed by atoms with Gasteiger partial charge in [-0.2, -0.15) is 0 Å². The third kappa shape index (κ3) is 3.20. The second kappa shape index (κ2) is 4.82. The number of nitrogens with two attached hydrogens (primary N) is 1. The molecule has 1 aromatic rings. The number of hydrogen-bond acceptors (Lipinski definition) is 4. The van der Waals surface area contributed by atoms with E-state index in [0.29, 0.717) is 23.3 Å². The maximum atomic E-state index is 11.7. The molecule has 0 aromatic carbocycles. The normalized spacial score (nSPS) is 11.8. The van der Waals surface area contributed by atoms with Crippen molar-refractivity contribution in [3.8, 4) is 0 Å². The molecule has 1 amide bonds. The van der Waals surface area contributed by atoms with Gasteiger partial charge in [-0.3, -0.25) is 4.79 Å². The van der Waals surface area contributed by atoms with E-state index in [9.17, 15) is 4.79 Å². The SMILES string of the molecule is CC(C)C(C)(C)CNC(=O)c1csc(N)n1. The first-order chi connectivity index (χ1) is 7.33. The molecule has 1 heterocycles. The largest absolute Gasteiger partial charge is 0.375 e. The van der Waals surface area contributed by atoms with Gasteiger partial charge in [0.05, 0.1) is 0 Å². The molecule has 0 fully saturated rings. The number of nitrogen functional groups attached to an aromatic ring is 1. The molecule has 0 bridgehead atoms. The van der Waals surface area contributed by atoms with E-state index >= 15 is 0 Å². The van der Waals surface area contributed by atoms with Crippen molar-refractivity contribution >= 4 is 22.4 Å². The van der Waals surface area contributed by atoms with Crippen LogP contribution in [0.2, 0.25) is 0 Å². The van der Waals surface area contributed by atoms with Gasteiger partial charge in [-0.25, -0.2) is 4.98 Å². The van der Waals surface area contributed by atoms with Gasteiger partial charge < -0.3 is 11.1 Å². The minimum Gasteiger partial charge on any atom is -0.375 e. The molecule has 0 aliphatic carbocycles. The second-order valence-electron chi connectivity index (χ2n) is 4.90. The third-order valence-electron chi connectivity index (χ3n) is 3.02. The first kappa shape index (κ1) is 13.0. The fraction of sp³-hybridized carbons (Fsp3) is 0.636. The van der Waals surface area contributed by atoms with E-state index in [0.717, 1.165) is 0 Å². The molecule has 0 aliphatic heterocycles. The summed E-state index contributed by atoms with van der Waals surface area (Å²) in [5, 5.41) is 4.98. The van der Waals surface area contributed by atoms with Crippen molar-refractivity contribution in [2.45, 2.75) is 27.7 Å². The first-order valence-corrected chi connectivity index (χ1v) is 6.20. The number of carbonyl (C=O) groups excluding carboxylic acids is 1. The number of anilines is 1. The molecule has 0 aliphatic rings. The Bertz CT molecular complexity index is 371. The predicted octanol–water partition coefficient (Wildman–Crippen LogP) is 2.14. The van der Waals surface area contributed by atoms with E-state index in [1.54, 1.807) is 5.38 Å². The topological polar surface area (TPSA) is 68.0 Å². The van der Waals surface area contributed by atoms with E-state index in [4.69, 9.17) is 5.73 Å². The van der Waals surface area contributed by atoms with Crippen LogP contribution >= 0.6 is 11.3 Å². The van der Waals surface area contributed by atoms with E-state index < -0.39 is 0 Å². The van der Waals surface area contributed by atoms with Gasteiger partial charge in [-0.05, 0) is 11.3 Å². The zero-order chi connectivity index (χ0) is 12.3. The van der Waals surface area contributed by atoms with Crippen molar-refractivity contribution in [3.63, 3.8) is 0 Å². The smallest absolute Gasteiger partial charge is 0.270 e. The minimum atomic E-state index is -0.151. The number of thiazole rings is 1. The Kier molecular flexibility index (Phi) is 3.91. The number of carbonyl (C=O) groups is 1. The molecule has 1 rings (SSSR count). The van der Waals surface area contributed by atoms with Crippen molar-refractivity contribution in [2.75, 3.05) is 12.3 Å². The lowest BCUT2D eigenvalue weighted by Gasteiger charge is -2.29. The lowest BCUT2D eigenvalue weighted by molar-refractivity contribution is 0.0920. The Morgan fingerprint density at radius 1 is 1.62 bits per heavy atom. The van der Waals surface area contributed by atoms with Crippen molar-refractivity contribution < 1.29 is 4.79 Å². The Morgan fingerprint density at radius 2 is 2.25 bits per heavy atom. The predicted molar refractivity (Wildman–Crippen MR) is 67.5 cm³/mol. The van der Waals surface area contributed by atoms with Gasteiger partial charge in [0.15, 0.2) is 5.13 Å². The van der Waals surface area contributed by atoms with Crippen molar-refractivity contribution in [1.82, 2.24) is 10.3 Å². The van der Waals surface area contributed by atoms with Gasteiger partial charge in [0, 0.05) is 11.9 Å². The molecule has 3 N–H and O–H groups in total. The molecular formula is C11H19N3OS. The van der Waals surface area contributed by atoms with Gasteiger partial charge in [0.25, 0.3) is 5.91 Å². The Labute approximate surface area is 100 Å². The second-order valence-corrected chi connectivity index (χ2v) is 5.79. The van der Waals surface area contributed by atoms with Crippen LogP contribution in [0.5, 0.6) is 0 Å². The summed E-state index contributed by atoms with van der Waals surface area (Å²) in [7, 11) is 0. The number of nitrogens with zero attached hydrogens (tertiary/aromatic N) is 1. The molecule has 5 heteroatoms. The van der Waals surface area contributed by atoms with Crippen molar-refractivity contribution in [1.29, 1.82) is 0 Å². The van der Waals surface area contributed by atoms with Gasteiger partial charge >= 0.3 is 0 Å². The maximum Gasteiger partial charge on any atom is 0.270 e. The van der Waals surface area contributed by atoms with Crippen LogP contribution in [0.25, 0.3) is 0 Å². The Hall–Kier alpha value is -1.10. The summed E-state index contributed by atoms with van der Waals surface area (Å²) in [6, 6.07) is 0. The highest BCUT2D eigenvalue weighted by Gasteiger charge is 2.23. The highest BCUT2D eigenvalue weighted by molar-refractivity contribution is 7.13. The summed E-state index contributed by atoms with van der Waals surface area (Å²) < 4.78 is 0. The van der Waals surface area contributed by atoms with Gasteiger partial charge in [-0.1, -0.05) is 27.7 Å². The van der Waals surface area contributed by atoms with E-state index in [2.05, 4.69) is 38.0 Å². The zero-order valence-electron chi connectivity index (χ0n) is 10.2. The van der Waals surface area contributed by atoms with Crippen LogP contribution in [-0.4, -0.2) is 17.4 Å². The molecular weight excluding hydrogens is 222 g/mol. The molecule has 0 saturated carbocycles. The summed E-state index contributed by atoms with van der Waals surface area (Å²) in [4.78, 5) is 15.6. The molecule has 0 spiro atoms. The lowest BCUT2D eigenvalue weighted by atomic mass is 9.81. The quantitative estimate of drug-likeness (QED) is 0.848. The molecule has 0 radical (unpaired) electrons. The third-order valence-corrected chi connectivity index (χ3v) is 3.70. The summed E-state index contributed by atoms with van der Waals surface area (Å²) in [5.74, 6) is 0.356. The molecule has 16 heavy (non-hydrogen) atoms. The van der Waals surface area contributed by atoms with Gasteiger partial charge in [-0.15, -0.1) is 11.3 Å². The van der Waals surface area contributed by atoms with Crippen LogP contribution in [0.4, 0.5) is 5.13 Å². The number of rotatable bonds is 4. The van der Waals surface area contributed by atoms with E-state index in [1.165, 1.54) is 11.3 Å². The molecule has 0 unspecified atom stereocenters. The Balaban J connectivity index is 2.54. The molecule has 4 nitrogen and oxygen atoms in total. The summed E-state index contributed by atoms with van der Waals surface area (Å²) in [6.45, 7) is 9.20. The molecule has 0 saturated heterocycles. The summed E-state index contributed by atoms with van der Waals surface area (Å²) in [6.07, 6.45) is 0. The lowest BCUT2D eigenvalue weighted by Crippen LogP contribution is -2.37. The fourth-order valence-corrected chi connectivity index (χ4v) is 1.54. The fourth-order valence-electron chi connectivity index (χ4n) is 0.995. The molecule has 1 aromatic heterocycles. The van der Waals surface area contributed by atoms with Crippen LogP contribution in [0.1, 0.15) is 38.2 Å². The van der Waals surface area contributed by atoms with Crippen molar-refractivity contribution in [2.24, 2.45) is 11.3 Å². The van der Waals surface area contributed by atoms with Crippen LogP contribution in [-0.2, 0) is 0 Å². The monoisotopic (exact) mass is 241 g/mol. The van der Waals surface area contributed by atoms with Crippen LogP contribution in [0.15, 0.2) is 5.38 Å². The van der Waals surface area contributed by atoms with Crippen LogP contribution in [0.3, 0.4) is 0 Å². The summed E-state index contributed by atoms with van der Waals surface area (Å²) >= 11 is 1.28. The Morgan fingerprint density at radius 3 is 2.69 bits per heavy atom.